The Hall–Kier alpha value is -0.840. The molecule has 0 aliphatic carbocycles. The van der Waals surface area contributed by atoms with Gasteiger partial charge in [-0.15, -0.1) is 12.4 Å². The first kappa shape index (κ1) is 16.2. The number of piperidine rings is 1. The fourth-order valence-electron chi connectivity index (χ4n) is 2.21. The SMILES string of the molecule is Cl.NCC1CCN(C(=O)c2cccc(F)c2Cl)CC1. The minimum absolute atomic E-state index is 0. The highest BCUT2D eigenvalue weighted by atomic mass is 35.5. The predicted molar refractivity (Wildman–Crippen MR) is 76.3 cm³/mol. The molecule has 1 saturated heterocycles. The Morgan fingerprint density at radius 3 is 2.63 bits per heavy atom. The van der Waals surface area contributed by atoms with Crippen LogP contribution in [-0.2, 0) is 0 Å². The molecule has 19 heavy (non-hydrogen) atoms. The molecule has 2 rings (SSSR count). The molecule has 0 aromatic heterocycles. The van der Waals surface area contributed by atoms with E-state index in [0.29, 0.717) is 25.6 Å². The standard InChI is InChI=1S/C13H16ClFN2O.ClH/c14-12-10(2-1-3-11(12)15)13(18)17-6-4-9(8-16)5-7-17;/h1-3,9H,4-8,16H2;1H. The summed E-state index contributed by atoms with van der Waals surface area (Å²) >= 11 is 5.82. The summed E-state index contributed by atoms with van der Waals surface area (Å²) in [6.45, 7) is 1.98. The summed E-state index contributed by atoms with van der Waals surface area (Å²) in [6, 6.07) is 4.31. The normalized spacial score (nSPS) is 16.1. The lowest BCUT2D eigenvalue weighted by Gasteiger charge is -2.31. The van der Waals surface area contributed by atoms with Gasteiger partial charge in [0.25, 0.3) is 5.91 Å². The molecule has 6 heteroatoms. The van der Waals surface area contributed by atoms with Crippen molar-refractivity contribution < 1.29 is 9.18 Å². The zero-order chi connectivity index (χ0) is 13.1. The minimum atomic E-state index is -0.556. The Morgan fingerprint density at radius 2 is 2.05 bits per heavy atom. The highest BCUT2D eigenvalue weighted by molar-refractivity contribution is 6.34. The number of carbonyl (C=O) groups excluding carboxylic acids is 1. The van der Waals surface area contributed by atoms with Crippen LogP contribution < -0.4 is 5.73 Å². The number of halogens is 3. The van der Waals surface area contributed by atoms with E-state index in [1.54, 1.807) is 11.0 Å². The molecule has 0 bridgehead atoms. The van der Waals surface area contributed by atoms with Gasteiger partial charge in [-0.1, -0.05) is 17.7 Å². The van der Waals surface area contributed by atoms with Crippen molar-refractivity contribution in [3.63, 3.8) is 0 Å². The molecule has 2 N–H and O–H groups in total. The molecular weight excluding hydrogens is 290 g/mol. The van der Waals surface area contributed by atoms with Crippen molar-refractivity contribution in [1.82, 2.24) is 4.90 Å². The number of carbonyl (C=O) groups is 1. The predicted octanol–water partition coefficient (Wildman–Crippen LogP) is 2.71. The molecule has 1 aromatic rings. The van der Waals surface area contributed by atoms with Crippen LogP contribution in [0.2, 0.25) is 5.02 Å². The fraction of sp³-hybridized carbons (Fsp3) is 0.462. The largest absolute Gasteiger partial charge is 0.339 e. The van der Waals surface area contributed by atoms with Gasteiger partial charge in [0.1, 0.15) is 5.82 Å². The summed E-state index contributed by atoms with van der Waals surface area (Å²) in [5.74, 6) is -0.272. The van der Waals surface area contributed by atoms with E-state index >= 15 is 0 Å². The number of likely N-dealkylation sites (tertiary alicyclic amines) is 1. The number of nitrogens with zero attached hydrogens (tertiary/aromatic N) is 1. The van der Waals surface area contributed by atoms with Crippen LogP contribution in [0.5, 0.6) is 0 Å². The first-order valence-electron chi connectivity index (χ1n) is 6.07. The van der Waals surface area contributed by atoms with Gasteiger partial charge in [0.05, 0.1) is 10.6 Å². The van der Waals surface area contributed by atoms with Crippen molar-refractivity contribution >= 4 is 29.9 Å². The van der Waals surface area contributed by atoms with Crippen LogP contribution in [0, 0.1) is 11.7 Å². The third-order valence-corrected chi connectivity index (χ3v) is 3.80. The van der Waals surface area contributed by atoms with E-state index in [0.717, 1.165) is 12.8 Å². The van der Waals surface area contributed by atoms with E-state index in [4.69, 9.17) is 17.3 Å². The number of hydrogen-bond donors (Lipinski definition) is 1. The Labute approximate surface area is 123 Å². The third kappa shape index (κ3) is 3.59. The summed E-state index contributed by atoms with van der Waals surface area (Å²) in [6.07, 6.45) is 1.80. The molecule has 0 radical (unpaired) electrons. The van der Waals surface area contributed by atoms with Crippen molar-refractivity contribution in [3.05, 3.63) is 34.6 Å². The van der Waals surface area contributed by atoms with Crippen molar-refractivity contribution in [1.29, 1.82) is 0 Å². The second-order valence-electron chi connectivity index (χ2n) is 4.57. The summed E-state index contributed by atoms with van der Waals surface area (Å²) in [7, 11) is 0. The number of benzene rings is 1. The summed E-state index contributed by atoms with van der Waals surface area (Å²) in [4.78, 5) is 13.9. The summed E-state index contributed by atoms with van der Waals surface area (Å²) in [5, 5.41) is -0.0940. The molecule has 1 aliphatic heterocycles. The Kier molecular flexibility index (Phi) is 6.04. The molecule has 0 saturated carbocycles. The van der Waals surface area contributed by atoms with E-state index in [1.807, 2.05) is 0 Å². The second kappa shape index (κ2) is 7.08. The van der Waals surface area contributed by atoms with Gasteiger partial charge in [-0.25, -0.2) is 4.39 Å². The Bertz CT molecular complexity index is 448. The molecule has 0 atom stereocenters. The van der Waals surface area contributed by atoms with Gasteiger partial charge < -0.3 is 10.6 Å². The first-order valence-corrected chi connectivity index (χ1v) is 6.44. The Morgan fingerprint density at radius 1 is 1.42 bits per heavy atom. The van der Waals surface area contributed by atoms with Crippen LogP contribution in [0.1, 0.15) is 23.2 Å². The maximum absolute atomic E-state index is 13.3. The van der Waals surface area contributed by atoms with E-state index in [9.17, 15) is 9.18 Å². The molecule has 1 aromatic carbocycles. The monoisotopic (exact) mass is 306 g/mol. The highest BCUT2D eigenvalue weighted by Crippen LogP contribution is 2.23. The quantitative estimate of drug-likeness (QED) is 0.913. The van der Waals surface area contributed by atoms with Crippen LogP contribution in [0.3, 0.4) is 0 Å². The molecule has 1 fully saturated rings. The van der Waals surface area contributed by atoms with Crippen LogP contribution >= 0.6 is 24.0 Å². The maximum atomic E-state index is 13.3. The zero-order valence-corrected chi connectivity index (χ0v) is 12.0. The van der Waals surface area contributed by atoms with Crippen molar-refractivity contribution in [3.8, 4) is 0 Å². The van der Waals surface area contributed by atoms with E-state index < -0.39 is 5.82 Å². The Balaban J connectivity index is 0.00000180. The molecule has 3 nitrogen and oxygen atoms in total. The number of hydrogen-bond acceptors (Lipinski definition) is 2. The molecule has 106 valence electrons. The van der Waals surface area contributed by atoms with Gasteiger partial charge in [0.15, 0.2) is 0 Å². The van der Waals surface area contributed by atoms with Crippen LogP contribution in [0.4, 0.5) is 4.39 Å². The minimum Gasteiger partial charge on any atom is -0.339 e. The van der Waals surface area contributed by atoms with Gasteiger partial charge in [-0.05, 0) is 37.4 Å². The van der Waals surface area contributed by atoms with Gasteiger partial charge in [0, 0.05) is 13.1 Å². The molecule has 1 heterocycles. The maximum Gasteiger partial charge on any atom is 0.255 e. The third-order valence-electron chi connectivity index (χ3n) is 3.42. The molecule has 0 unspecified atom stereocenters. The highest BCUT2D eigenvalue weighted by Gasteiger charge is 2.24. The van der Waals surface area contributed by atoms with Crippen LogP contribution in [0.15, 0.2) is 18.2 Å². The molecule has 1 aliphatic rings. The first-order chi connectivity index (χ1) is 8.63. The van der Waals surface area contributed by atoms with Crippen molar-refractivity contribution in [2.24, 2.45) is 11.7 Å². The lowest BCUT2D eigenvalue weighted by molar-refractivity contribution is 0.0693. The second-order valence-corrected chi connectivity index (χ2v) is 4.95. The molecular formula is C13H17Cl2FN2O. The number of rotatable bonds is 2. The fourth-order valence-corrected chi connectivity index (χ4v) is 2.42. The summed E-state index contributed by atoms with van der Waals surface area (Å²) < 4.78 is 13.3. The molecule has 1 amide bonds. The average Bonchev–Trinajstić information content (AvgIpc) is 2.41. The van der Waals surface area contributed by atoms with Crippen molar-refractivity contribution in [2.45, 2.75) is 12.8 Å². The van der Waals surface area contributed by atoms with Crippen LogP contribution in [0.25, 0.3) is 0 Å². The van der Waals surface area contributed by atoms with E-state index in [-0.39, 0.29) is 28.9 Å². The van der Waals surface area contributed by atoms with Gasteiger partial charge in [0.2, 0.25) is 0 Å². The number of nitrogens with two attached hydrogens (primary N) is 1. The average molecular weight is 307 g/mol. The van der Waals surface area contributed by atoms with Gasteiger partial charge in [-0.2, -0.15) is 0 Å². The lowest BCUT2D eigenvalue weighted by atomic mass is 9.96. The van der Waals surface area contributed by atoms with E-state index in [1.165, 1.54) is 12.1 Å². The number of amides is 1. The topological polar surface area (TPSA) is 46.3 Å². The smallest absolute Gasteiger partial charge is 0.255 e. The van der Waals surface area contributed by atoms with Gasteiger partial charge in [-0.3, -0.25) is 4.79 Å². The van der Waals surface area contributed by atoms with Crippen molar-refractivity contribution in [2.75, 3.05) is 19.6 Å². The van der Waals surface area contributed by atoms with Gasteiger partial charge >= 0.3 is 0 Å². The lowest BCUT2D eigenvalue weighted by Crippen LogP contribution is -2.40. The zero-order valence-electron chi connectivity index (χ0n) is 10.4. The van der Waals surface area contributed by atoms with Crippen LogP contribution in [-0.4, -0.2) is 30.4 Å². The summed E-state index contributed by atoms with van der Waals surface area (Å²) in [5.41, 5.74) is 5.84. The molecule has 0 spiro atoms. The van der Waals surface area contributed by atoms with E-state index in [2.05, 4.69) is 0 Å².